The number of hydrogen-bond acceptors (Lipinski definition) is 0. The molecule has 0 radical (unpaired) electrons. The Bertz CT molecular complexity index is 514. The van der Waals surface area contributed by atoms with Gasteiger partial charge in [0.15, 0.2) is 0 Å². The van der Waals surface area contributed by atoms with Crippen LogP contribution in [0.4, 0.5) is 0 Å². The van der Waals surface area contributed by atoms with Crippen molar-refractivity contribution >= 4 is 34.9 Å². The van der Waals surface area contributed by atoms with Crippen molar-refractivity contribution in [1.82, 2.24) is 0 Å². The molecule has 0 spiro atoms. The van der Waals surface area contributed by atoms with Crippen LogP contribution in [0.3, 0.4) is 0 Å². The van der Waals surface area contributed by atoms with Crippen LogP contribution in [-0.2, 0) is 0 Å². The Hall–Kier alpha value is -1.04. The molecule has 0 unspecified atom stereocenters. The van der Waals surface area contributed by atoms with Gasteiger partial charge < -0.3 is 0 Å². The molecule has 0 nitrogen and oxygen atoms in total. The van der Waals surface area contributed by atoms with Crippen molar-refractivity contribution in [3.63, 3.8) is 0 Å². The van der Waals surface area contributed by atoms with Crippen LogP contribution < -0.4 is 0 Å². The van der Waals surface area contributed by atoms with Crippen molar-refractivity contribution in [3.05, 3.63) is 47.4 Å². The molecule has 0 N–H and O–H groups in total. The van der Waals surface area contributed by atoms with Crippen molar-refractivity contribution < 1.29 is 0 Å². The van der Waals surface area contributed by atoms with Crippen LogP contribution in [0.15, 0.2) is 47.4 Å². The van der Waals surface area contributed by atoms with E-state index in [1.165, 1.54) is 20.4 Å². The number of fused-ring (bicyclic) bond motifs is 2. The van der Waals surface area contributed by atoms with Crippen molar-refractivity contribution in [2.45, 2.75) is 0 Å². The fraction of sp³-hybridized carbons (Fsp3) is 0. The normalized spacial score (nSPS) is 11.1. The molecule has 0 fully saturated rings. The molecule has 0 saturated heterocycles. The summed E-state index contributed by atoms with van der Waals surface area (Å²) in [6, 6.07) is 15.4. The van der Waals surface area contributed by atoms with Crippen LogP contribution in [0.2, 0.25) is 0 Å². The first-order valence-electron chi connectivity index (χ1n) is 4.29. The van der Waals surface area contributed by atoms with Crippen molar-refractivity contribution in [3.8, 4) is 0 Å². The van der Waals surface area contributed by atoms with E-state index in [4.69, 9.17) is 0 Å². The third kappa shape index (κ3) is 1.13. The third-order valence-corrected chi connectivity index (χ3v) is 4.17. The second-order valence-corrected chi connectivity index (χ2v) is 5.15. The van der Waals surface area contributed by atoms with Crippen LogP contribution in [0, 0.1) is 0 Å². The summed E-state index contributed by atoms with van der Waals surface area (Å²) < 4.78 is 1.52. The second-order valence-electron chi connectivity index (χ2n) is 3.16. The van der Waals surface area contributed by atoms with Crippen LogP contribution in [-0.4, -0.2) is 14.5 Å². The molecule has 0 aliphatic rings. The Morgan fingerprint density at radius 3 is 2.38 bits per heavy atom. The van der Waals surface area contributed by atoms with Gasteiger partial charge in [0.25, 0.3) is 0 Å². The molecule has 0 aliphatic carbocycles. The summed E-state index contributed by atoms with van der Waals surface area (Å²) >= 11 is 0.569. The number of rotatable bonds is 0. The van der Waals surface area contributed by atoms with Gasteiger partial charge >= 0.3 is 82.3 Å². The van der Waals surface area contributed by atoms with Gasteiger partial charge in [-0.25, -0.2) is 0 Å². The van der Waals surface area contributed by atoms with E-state index in [0.29, 0.717) is 14.5 Å². The van der Waals surface area contributed by atoms with Gasteiger partial charge in [0, 0.05) is 0 Å². The standard InChI is InChI=1S/C12H8Se/c1-2-4-10-8-12-11(5-6-13-12)7-9(10)3-1/h1-8H. The summed E-state index contributed by atoms with van der Waals surface area (Å²) in [4.78, 5) is 2.29. The van der Waals surface area contributed by atoms with E-state index in [9.17, 15) is 0 Å². The van der Waals surface area contributed by atoms with Gasteiger partial charge in [-0.1, -0.05) is 0 Å². The number of hydrogen-bond donors (Lipinski definition) is 0. The molecule has 0 bridgehead atoms. The van der Waals surface area contributed by atoms with E-state index in [2.05, 4.69) is 47.4 Å². The summed E-state index contributed by atoms with van der Waals surface area (Å²) in [6.07, 6.45) is 0. The minimum atomic E-state index is 0.569. The van der Waals surface area contributed by atoms with Gasteiger partial charge in [-0.3, -0.25) is 0 Å². The summed E-state index contributed by atoms with van der Waals surface area (Å²) in [5, 5.41) is 4.13. The van der Waals surface area contributed by atoms with Crippen molar-refractivity contribution in [1.29, 1.82) is 0 Å². The summed E-state index contributed by atoms with van der Waals surface area (Å²) in [7, 11) is 0. The predicted molar refractivity (Wildman–Crippen MR) is 58.4 cm³/mol. The first-order chi connectivity index (χ1) is 6.43. The Labute approximate surface area is 82.6 Å². The molecule has 1 aromatic heterocycles. The fourth-order valence-electron chi connectivity index (χ4n) is 1.65. The zero-order valence-electron chi connectivity index (χ0n) is 7.03. The molecule has 1 heteroatoms. The Balaban J connectivity index is 2.57. The van der Waals surface area contributed by atoms with E-state index in [1.54, 1.807) is 0 Å². The Morgan fingerprint density at radius 1 is 0.769 bits per heavy atom. The molecular weight excluding hydrogens is 223 g/mol. The quantitative estimate of drug-likeness (QED) is 0.521. The zero-order valence-corrected chi connectivity index (χ0v) is 8.74. The van der Waals surface area contributed by atoms with Crippen LogP contribution in [0.25, 0.3) is 20.4 Å². The van der Waals surface area contributed by atoms with E-state index in [1.807, 2.05) is 0 Å². The second kappa shape index (κ2) is 2.73. The van der Waals surface area contributed by atoms with Crippen LogP contribution in [0.5, 0.6) is 0 Å². The van der Waals surface area contributed by atoms with Crippen LogP contribution in [0.1, 0.15) is 0 Å². The maximum atomic E-state index is 2.32. The molecule has 0 atom stereocenters. The monoisotopic (exact) mass is 232 g/mol. The van der Waals surface area contributed by atoms with Crippen LogP contribution >= 0.6 is 0 Å². The van der Waals surface area contributed by atoms with Crippen molar-refractivity contribution in [2.75, 3.05) is 0 Å². The predicted octanol–water partition coefficient (Wildman–Crippen LogP) is 3.05. The SMILES string of the molecule is c1ccc2cc3[se]ccc3cc2c1. The summed E-state index contributed by atoms with van der Waals surface area (Å²) in [5.41, 5.74) is 0. The molecular formula is C12H8Se. The van der Waals surface area contributed by atoms with Gasteiger partial charge in [-0.2, -0.15) is 0 Å². The molecule has 3 rings (SSSR count). The Kier molecular flexibility index (Phi) is 1.55. The first-order valence-corrected chi connectivity index (χ1v) is 6.14. The fourth-order valence-corrected chi connectivity index (χ4v) is 3.37. The molecule has 0 saturated carbocycles. The zero-order chi connectivity index (χ0) is 8.67. The first kappa shape index (κ1) is 7.37. The summed E-state index contributed by atoms with van der Waals surface area (Å²) in [6.45, 7) is 0. The molecule has 0 aliphatic heterocycles. The van der Waals surface area contributed by atoms with E-state index >= 15 is 0 Å². The van der Waals surface area contributed by atoms with E-state index in [0.717, 1.165) is 0 Å². The average Bonchev–Trinajstić information content (AvgIpc) is 2.61. The van der Waals surface area contributed by atoms with Crippen molar-refractivity contribution in [2.24, 2.45) is 0 Å². The van der Waals surface area contributed by atoms with Gasteiger partial charge in [0.05, 0.1) is 0 Å². The molecule has 2 aromatic carbocycles. The van der Waals surface area contributed by atoms with E-state index in [-0.39, 0.29) is 0 Å². The third-order valence-electron chi connectivity index (χ3n) is 2.32. The maximum absolute atomic E-state index is 2.32. The van der Waals surface area contributed by atoms with E-state index < -0.39 is 0 Å². The number of benzene rings is 2. The minimum absolute atomic E-state index is 0.569. The van der Waals surface area contributed by atoms with Gasteiger partial charge in [-0.05, 0) is 0 Å². The molecule has 0 amide bonds. The molecule has 62 valence electrons. The molecule has 1 heterocycles. The molecule has 13 heavy (non-hydrogen) atoms. The van der Waals surface area contributed by atoms with Gasteiger partial charge in [-0.15, -0.1) is 0 Å². The topological polar surface area (TPSA) is 0 Å². The average molecular weight is 231 g/mol. The summed E-state index contributed by atoms with van der Waals surface area (Å²) in [5.74, 6) is 0. The van der Waals surface area contributed by atoms with Gasteiger partial charge in [0.2, 0.25) is 0 Å². The molecule has 3 aromatic rings. The van der Waals surface area contributed by atoms with Gasteiger partial charge in [0.1, 0.15) is 0 Å². The Morgan fingerprint density at radius 2 is 1.54 bits per heavy atom.